The van der Waals surface area contributed by atoms with Crippen molar-refractivity contribution in [1.29, 1.82) is 0 Å². The third kappa shape index (κ3) is 3.29. The van der Waals surface area contributed by atoms with Gasteiger partial charge in [0.2, 0.25) is 0 Å². The molecule has 2 atom stereocenters. The highest BCUT2D eigenvalue weighted by Gasteiger charge is 2.22. The number of amides is 1. The Morgan fingerprint density at radius 1 is 1.56 bits per heavy atom. The summed E-state index contributed by atoms with van der Waals surface area (Å²) in [5.74, 6) is 1.27. The molecule has 0 bridgehead atoms. The van der Waals surface area contributed by atoms with Crippen molar-refractivity contribution in [3.8, 4) is 0 Å². The Kier molecular flexibility index (Phi) is 4.72. The van der Waals surface area contributed by atoms with Crippen LogP contribution < -0.4 is 11.1 Å². The van der Waals surface area contributed by atoms with Crippen molar-refractivity contribution in [3.05, 3.63) is 16.1 Å². The molecule has 0 radical (unpaired) electrons. The van der Waals surface area contributed by atoms with Crippen LogP contribution in [0.5, 0.6) is 0 Å². The SMILES string of the molecule is CC1CCCCC1CNC(=O)c1csc(CN)n1. The lowest BCUT2D eigenvalue weighted by Crippen LogP contribution is -2.33. The lowest BCUT2D eigenvalue weighted by atomic mass is 9.80. The Bertz CT molecular complexity index is 405. The van der Waals surface area contributed by atoms with Gasteiger partial charge in [-0.25, -0.2) is 4.98 Å². The summed E-state index contributed by atoms with van der Waals surface area (Å²) in [4.78, 5) is 16.1. The normalized spacial score (nSPS) is 23.9. The van der Waals surface area contributed by atoms with Crippen LogP contribution in [0.3, 0.4) is 0 Å². The Morgan fingerprint density at radius 2 is 2.33 bits per heavy atom. The second-order valence-corrected chi connectivity index (χ2v) is 6.01. The standard InChI is InChI=1S/C13H21N3OS/c1-9-4-2-3-5-10(9)7-15-13(17)11-8-18-12(6-14)16-11/h8-10H,2-7,14H2,1H3,(H,15,17). The van der Waals surface area contributed by atoms with E-state index in [0.29, 0.717) is 24.1 Å². The largest absolute Gasteiger partial charge is 0.350 e. The molecule has 0 saturated heterocycles. The number of carbonyl (C=O) groups excluding carboxylic acids is 1. The number of rotatable bonds is 4. The van der Waals surface area contributed by atoms with Crippen LogP contribution in [0.4, 0.5) is 0 Å². The molecule has 1 saturated carbocycles. The zero-order valence-electron chi connectivity index (χ0n) is 10.8. The van der Waals surface area contributed by atoms with Crippen molar-refractivity contribution in [2.24, 2.45) is 17.6 Å². The Hall–Kier alpha value is -0.940. The number of carbonyl (C=O) groups is 1. The molecule has 2 rings (SSSR count). The van der Waals surface area contributed by atoms with Gasteiger partial charge in [-0.3, -0.25) is 4.79 Å². The van der Waals surface area contributed by atoms with E-state index < -0.39 is 0 Å². The molecule has 0 aliphatic heterocycles. The molecule has 1 amide bonds. The Morgan fingerprint density at radius 3 is 3.00 bits per heavy atom. The topological polar surface area (TPSA) is 68.0 Å². The van der Waals surface area contributed by atoms with E-state index >= 15 is 0 Å². The van der Waals surface area contributed by atoms with Gasteiger partial charge in [0.15, 0.2) is 0 Å². The van der Waals surface area contributed by atoms with E-state index in [1.54, 1.807) is 5.38 Å². The predicted molar refractivity (Wildman–Crippen MR) is 73.5 cm³/mol. The first-order valence-electron chi connectivity index (χ1n) is 6.63. The average molecular weight is 267 g/mol. The number of nitrogens with two attached hydrogens (primary N) is 1. The fourth-order valence-electron chi connectivity index (χ4n) is 2.52. The number of thiazole rings is 1. The van der Waals surface area contributed by atoms with Crippen molar-refractivity contribution in [2.75, 3.05) is 6.54 Å². The molecule has 18 heavy (non-hydrogen) atoms. The third-order valence-electron chi connectivity index (χ3n) is 3.77. The minimum Gasteiger partial charge on any atom is -0.350 e. The predicted octanol–water partition coefficient (Wildman–Crippen LogP) is 2.16. The van der Waals surface area contributed by atoms with Crippen LogP contribution in [0, 0.1) is 11.8 Å². The quantitative estimate of drug-likeness (QED) is 0.878. The van der Waals surface area contributed by atoms with Crippen molar-refractivity contribution >= 4 is 17.2 Å². The summed E-state index contributed by atoms with van der Waals surface area (Å²) in [6.45, 7) is 3.46. The molecule has 1 heterocycles. The Labute approximate surface area is 112 Å². The zero-order chi connectivity index (χ0) is 13.0. The monoisotopic (exact) mass is 267 g/mol. The molecule has 1 aliphatic carbocycles. The lowest BCUT2D eigenvalue weighted by molar-refractivity contribution is 0.0932. The van der Waals surface area contributed by atoms with Gasteiger partial charge in [0, 0.05) is 18.5 Å². The first-order valence-corrected chi connectivity index (χ1v) is 7.51. The van der Waals surface area contributed by atoms with Gasteiger partial charge in [0.1, 0.15) is 10.7 Å². The summed E-state index contributed by atoms with van der Waals surface area (Å²) in [5, 5.41) is 5.59. The summed E-state index contributed by atoms with van der Waals surface area (Å²) < 4.78 is 0. The van der Waals surface area contributed by atoms with E-state index in [9.17, 15) is 4.79 Å². The molecule has 3 N–H and O–H groups in total. The van der Waals surface area contributed by atoms with Gasteiger partial charge in [-0.05, 0) is 18.3 Å². The van der Waals surface area contributed by atoms with Crippen molar-refractivity contribution < 1.29 is 4.79 Å². The molecule has 0 aromatic carbocycles. The van der Waals surface area contributed by atoms with Crippen LogP contribution in [0.25, 0.3) is 0 Å². The van der Waals surface area contributed by atoms with E-state index in [4.69, 9.17) is 5.73 Å². The van der Waals surface area contributed by atoms with Gasteiger partial charge < -0.3 is 11.1 Å². The van der Waals surface area contributed by atoms with Gasteiger partial charge in [0.25, 0.3) is 5.91 Å². The van der Waals surface area contributed by atoms with Crippen LogP contribution in [-0.2, 0) is 6.54 Å². The number of aromatic nitrogens is 1. The van der Waals surface area contributed by atoms with E-state index in [2.05, 4.69) is 17.2 Å². The summed E-state index contributed by atoms with van der Waals surface area (Å²) in [7, 11) is 0. The smallest absolute Gasteiger partial charge is 0.270 e. The van der Waals surface area contributed by atoms with Crippen LogP contribution in [0.2, 0.25) is 0 Å². The molecular formula is C13H21N3OS. The first-order chi connectivity index (χ1) is 8.70. The average Bonchev–Trinajstić information content (AvgIpc) is 2.86. The molecular weight excluding hydrogens is 246 g/mol. The highest BCUT2D eigenvalue weighted by molar-refractivity contribution is 7.09. The van der Waals surface area contributed by atoms with Gasteiger partial charge >= 0.3 is 0 Å². The molecule has 1 fully saturated rings. The molecule has 1 aliphatic rings. The molecule has 5 heteroatoms. The maximum atomic E-state index is 11.9. The second kappa shape index (κ2) is 6.29. The number of nitrogens with zero attached hydrogens (tertiary/aromatic N) is 1. The highest BCUT2D eigenvalue weighted by Crippen LogP contribution is 2.28. The van der Waals surface area contributed by atoms with Gasteiger partial charge in [0.05, 0.1) is 0 Å². The fraction of sp³-hybridized carbons (Fsp3) is 0.692. The summed E-state index contributed by atoms with van der Waals surface area (Å²) in [5.41, 5.74) is 5.99. The molecule has 1 aromatic heterocycles. The van der Waals surface area contributed by atoms with E-state index in [1.165, 1.54) is 37.0 Å². The van der Waals surface area contributed by atoms with E-state index in [1.807, 2.05) is 0 Å². The number of nitrogens with one attached hydrogen (secondary N) is 1. The lowest BCUT2D eigenvalue weighted by Gasteiger charge is -2.28. The minimum absolute atomic E-state index is 0.0660. The summed E-state index contributed by atoms with van der Waals surface area (Å²) in [6, 6.07) is 0. The first kappa shape index (κ1) is 13.5. The maximum absolute atomic E-state index is 11.9. The minimum atomic E-state index is -0.0660. The van der Waals surface area contributed by atoms with Crippen LogP contribution in [0.15, 0.2) is 5.38 Å². The molecule has 0 spiro atoms. The van der Waals surface area contributed by atoms with Gasteiger partial charge in [-0.1, -0.05) is 26.2 Å². The van der Waals surface area contributed by atoms with E-state index in [0.717, 1.165) is 11.6 Å². The third-order valence-corrected chi connectivity index (χ3v) is 4.64. The van der Waals surface area contributed by atoms with Gasteiger partial charge in [-0.15, -0.1) is 11.3 Å². The zero-order valence-corrected chi connectivity index (χ0v) is 11.6. The van der Waals surface area contributed by atoms with Crippen molar-refractivity contribution in [1.82, 2.24) is 10.3 Å². The van der Waals surface area contributed by atoms with Crippen molar-refractivity contribution in [3.63, 3.8) is 0 Å². The number of hydrogen-bond acceptors (Lipinski definition) is 4. The van der Waals surface area contributed by atoms with Crippen molar-refractivity contribution in [2.45, 2.75) is 39.2 Å². The number of hydrogen-bond donors (Lipinski definition) is 2. The van der Waals surface area contributed by atoms with Crippen LogP contribution in [-0.4, -0.2) is 17.4 Å². The molecule has 2 unspecified atom stereocenters. The Balaban J connectivity index is 1.84. The maximum Gasteiger partial charge on any atom is 0.270 e. The molecule has 4 nitrogen and oxygen atoms in total. The second-order valence-electron chi connectivity index (χ2n) is 5.06. The molecule has 1 aromatic rings. The van der Waals surface area contributed by atoms with E-state index in [-0.39, 0.29) is 5.91 Å². The van der Waals surface area contributed by atoms with Crippen LogP contribution in [0.1, 0.15) is 48.1 Å². The summed E-state index contributed by atoms with van der Waals surface area (Å²) in [6.07, 6.45) is 5.14. The highest BCUT2D eigenvalue weighted by atomic mass is 32.1. The van der Waals surface area contributed by atoms with Crippen LogP contribution >= 0.6 is 11.3 Å². The van der Waals surface area contributed by atoms with Gasteiger partial charge in [-0.2, -0.15) is 0 Å². The fourth-order valence-corrected chi connectivity index (χ4v) is 3.17. The summed E-state index contributed by atoms with van der Waals surface area (Å²) >= 11 is 1.44. The molecule has 100 valence electrons.